The van der Waals surface area contributed by atoms with Crippen molar-refractivity contribution in [1.29, 1.82) is 0 Å². The average Bonchev–Trinajstić information content (AvgIpc) is 2.05. The molecule has 1 aliphatic rings. The van der Waals surface area contributed by atoms with Crippen molar-refractivity contribution >= 4 is 0 Å². The highest BCUT2D eigenvalue weighted by Crippen LogP contribution is 1.98. The lowest BCUT2D eigenvalue weighted by atomic mass is 10.2. The number of allylic oxidation sites excluding steroid dienone is 8. The van der Waals surface area contributed by atoms with Gasteiger partial charge in [0.05, 0.1) is 0 Å². The van der Waals surface area contributed by atoms with E-state index >= 15 is 0 Å². The molecule has 12 heavy (non-hydrogen) atoms. The van der Waals surface area contributed by atoms with Gasteiger partial charge in [-0.3, -0.25) is 0 Å². The van der Waals surface area contributed by atoms with Crippen molar-refractivity contribution in [1.82, 2.24) is 0 Å². The van der Waals surface area contributed by atoms with Gasteiger partial charge in [0.1, 0.15) is 0 Å². The standard InChI is InChI=1S/C12H15/c1-2-4-6-8-10-12-11-9-7-5-3-1/h1-2,5-8,12H,3-4,9,11H2. The zero-order valence-electron chi connectivity index (χ0n) is 7.37. The summed E-state index contributed by atoms with van der Waals surface area (Å²) in [5.41, 5.74) is 0. The van der Waals surface area contributed by atoms with Crippen molar-refractivity contribution in [3.63, 3.8) is 0 Å². The molecule has 1 rings (SSSR count). The monoisotopic (exact) mass is 159 g/mol. The third kappa shape index (κ3) is 4.73. The maximum atomic E-state index is 3.13. The molecule has 0 unspecified atom stereocenters. The lowest BCUT2D eigenvalue weighted by molar-refractivity contribution is 1.04. The van der Waals surface area contributed by atoms with E-state index in [1.54, 1.807) is 0 Å². The highest BCUT2D eigenvalue weighted by Gasteiger charge is 1.78. The van der Waals surface area contributed by atoms with Crippen molar-refractivity contribution in [2.24, 2.45) is 0 Å². The van der Waals surface area contributed by atoms with Crippen LogP contribution in [0.1, 0.15) is 25.7 Å². The maximum Gasteiger partial charge on any atom is -0.0166 e. The van der Waals surface area contributed by atoms with Gasteiger partial charge in [-0.1, -0.05) is 42.5 Å². The van der Waals surface area contributed by atoms with Crippen molar-refractivity contribution in [3.05, 3.63) is 48.6 Å². The second kappa shape index (κ2) is 6.66. The molecule has 0 spiro atoms. The van der Waals surface area contributed by atoms with Crippen molar-refractivity contribution in [2.45, 2.75) is 25.7 Å². The summed E-state index contributed by atoms with van der Waals surface area (Å²) in [4.78, 5) is 0. The lowest BCUT2D eigenvalue weighted by Gasteiger charge is -1.87. The summed E-state index contributed by atoms with van der Waals surface area (Å²) < 4.78 is 0. The molecule has 0 N–H and O–H groups in total. The minimum atomic E-state index is 1.02. The molecule has 0 saturated heterocycles. The van der Waals surface area contributed by atoms with Crippen LogP contribution in [0.4, 0.5) is 0 Å². The van der Waals surface area contributed by atoms with Crippen LogP contribution in [0.5, 0.6) is 0 Å². The first-order valence-corrected chi connectivity index (χ1v) is 4.53. The van der Waals surface area contributed by atoms with Gasteiger partial charge in [-0.2, -0.15) is 0 Å². The molecule has 0 saturated carbocycles. The summed E-state index contributed by atoms with van der Waals surface area (Å²) >= 11 is 0. The highest BCUT2D eigenvalue weighted by atomic mass is 13.8. The van der Waals surface area contributed by atoms with Crippen LogP contribution in [0.15, 0.2) is 42.5 Å². The predicted molar refractivity (Wildman–Crippen MR) is 53.7 cm³/mol. The van der Waals surface area contributed by atoms with Crippen LogP contribution >= 0.6 is 0 Å². The zero-order chi connectivity index (χ0) is 8.49. The number of rotatable bonds is 0. The first-order chi connectivity index (χ1) is 6.00. The zero-order valence-corrected chi connectivity index (χ0v) is 7.37. The molecule has 0 nitrogen and oxygen atoms in total. The fourth-order valence-electron chi connectivity index (χ4n) is 1.03. The van der Waals surface area contributed by atoms with Gasteiger partial charge in [-0.25, -0.2) is 0 Å². The Morgan fingerprint density at radius 3 is 2.42 bits per heavy atom. The molecule has 0 atom stereocenters. The van der Waals surface area contributed by atoms with Crippen LogP contribution in [0, 0.1) is 6.08 Å². The van der Waals surface area contributed by atoms with E-state index < -0.39 is 0 Å². The summed E-state index contributed by atoms with van der Waals surface area (Å²) in [7, 11) is 0. The van der Waals surface area contributed by atoms with Crippen molar-refractivity contribution < 1.29 is 0 Å². The maximum absolute atomic E-state index is 3.13. The second-order valence-electron chi connectivity index (χ2n) is 2.76. The average molecular weight is 159 g/mol. The molecular weight excluding hydrogens is 144 g/mol. The molecule has 0 amide bonds. The van der Waals surface area contributed by atoms with E-state index in [-0.39, 0.29) is 0 Å². The summed E-state index contributed by atoms with van der Waals surface area (Å²) in [6.07, 6.45) is 22.5. The van der Waals surface area contributed by atoms with Crippen LogP contribution < -0.4 is 0 Å². The summed E-state index contributed by atoms with van der Waals surface area (Å²) in [6, 6.07) is 0. The topological polar surface area (TPSA) is 0 Å². The van der Waals surface area contributed by atoms with Gasteiger partial charge >= 0.3 is 0 Å². The Bertz CT molecular complexity index is 204. The Hall–Kier alpha value is -1.04. The molecule has 0 bridgehead atoms. The highest BCUT2D eigenvalue weighted by molar-refractivity contribution is 5.02. The van der Waals surface area contributed by atoms with Gasteiger partial charge < -0.3 is 0 Å². The molecule has 0 fully saturated rings. The fourth-order valence-corrected chi connectivity index (χ4v) is 1.03. The second-order valence-corrected chi connectivity index (χ2v) is 2.76. The van der Waals surface area contributed by atoms with Gasteiger partial charge in [-0.05, 0) is 31.8 Å². The van der Waals surface area contributed by atoms with E-state index in [4.69, 9.17) is 0 Å². The van der Waals surface area contributed by atoms with Crippen LogP contribution in [0.3, 0.4) is 0 Å². The number of hydrogen-bond donors (Lipinski definition) is 0. The molecule has 0 aliphatic heterocycles. The summed E-state index contributed by atoms with van der Waals surface area (Å²) in [6.45, 7) is 0. The Balaban J connectivity index is 2.41. The molecular formula is C12H15. The molecule has 1 radical (unpaired) electrons. The lowest BCUT2D eigenvalue weighted by Crippen LogP contribution is -1.67. The smallest absolute Gasteiger partial charge is 0.0166 e. The molecule has 0 aromatic heterocycles. The third-order valence-electron chi connectivity index (χ3n) is 1.69. The van der Waals surface area contributed by atoms with E-state index in [2.05, 4.69) is 42.5 Å². The van der Waals surface area contributed by atoms with Gasteiger partial charge in [0.15, 0.2) is 0 Å². The van der Waals surface area contributed by atoms with Crippen LogP contribution in [-0.2, 0) is 0 Å². The largest absolute Gasteiger partial charge is 0.0879 e. The normalized spacial score (nSPS) is 18.7. The molecule has 63 valence electrons. The number of hydrogen-bond acceptors (Lipinski definition) is 0. The van der Waals surface area contributed by atoms with E-state index in [1.165, 1.54) is 0 Å². The van der Waals surface area contributed by atoms with Gasteiger partial charge in [-0.15, -0.1) is 0 Å². The quantitative estimate of drug-likeness (QED) is 0.474. The van der Waals surface area contributed by atoms with Crippen LogP contribution in [-0.4, -0.2) is 0 Å². The Kier molecular flexibility index (Phi) is 5.02. The van der Waals surface area contributed by atoms with Crippen LogP contribution in [0.25, 0.3) is 0 Å². The molecule has 0 heteroatoms. The predicted octanol–water partition coefficient (Wildman–Crippen LogP) is 3.59. The minimum Gasteiger partial charge on any atom is -0.0879 e. The summed E-state index contributed by atoms with van der Waals surface area (Å²) in [5, 5.41) is 0. The molecule has 0 aromatic carbocycles. The van der Waals surface area contributed by atoms with E-state index in [1.807, 2.05) is 6.08 Å². The van der Waals surface area contributed by atoms with Gasteiger partial charge in [0.2, 0.25) is 0 Å². The van der Waals surface area contributed by atoms with E-state index in [9.17, 15) is 0 Å². The van der Waals surface area contributed by atoms with Crippen molar-refractivity contribution in [2.75, 3.05) is 0 Å². The summed E-state index contributed by atoms with van der Waals surface area (Å²) in [5.74, 6) is 0. The Morgan fingerprint density at radius 1 is 0.750 bits per heavy atom. The first kappa shape index (κ1) is 9.05. The Labute approximate surface area is 75.0 Å². The van der Waals surface area contributed by atoms with Gasteiger partial charge in [0.25, 0.3) is 0 Å². The Morgan fingerprint density at radius 2 is 1.50 bits per heavy atom. The molecule has 0 aromatic rings. The van der Waals surface area contributed by atoms with Crippen molar-refractivity contribution in [3.8, 4) is 0 Å². The van der Waals surface area contributed by atoms with E-state index in [0.717, 1.165) is 25.7 Å². The third-order valence-corrected chi connectivity index (χ3v) is 1.69. The fraction of sp³-hybridized carbons (Fsp3) is 0.333. The molecule has 0 heterocycles. The first-order valence-electron chi connectivity index (χ1n) is 4.53. The van der Waals surface area contributed by atoms with Crippen LogP contribution in [0.2, 0.25) is 0 Å². The minimum absolute atomic E-state index is 1.02. The molecule has 1 aliphatic carbocycles. The van der Waals surface area contributed by atoms with E-state index in [0.29, 0.717) is 0 Å². The SMILES string of the molecule is [C]1=CCCC=CCC=CCC=C1. The van der Waals surface area contributed by atoms with Gasteiger partial charge in [0, 0.05) is 0 Å².